The Labute approximate surface area is 154 Å². The van der Waals surface area contributed by atoms with Crippen LogP contribution in [-0.2, 0) is 0 Å². The van der Waals surface area contributed by atoms with Gasteiger partial charge in [-0.05, 0) is 25.1 Å². The Kier molecular flexibility index (Phi) is 6.52. The number of hydrogen-bond acceptors (Lipinski definition) is 4. The van der Waals surface area contributed by atoms with Gasteiger partial charge in [0.15, 0.2) is 0 Å². The van der Waals surface area contributed by atoms with Gasteiger partial charge in [0.2, 0.25) is 0 Å². The molecule has 1 heterocycles. The number of fused-ring (bicyclic) bond motifs is 1. The molecule has 2 aromatic rings. The molecule has 25 heavy (non-hydrogen) atoms. The molecule has 2 aromatic carbocycles. The van der Waals surface area contributed by atoms with Crippen molar-refractivity contribution in [3.05, 3.63) is 41.4 Å². The van der Waals surface area contributed by atoms with Gasteiger partial charge in [-0.1, -0.05) is 35.9 Å². The summed E-state index contributed by atoms with van der Waals surface area (Å²) in [6, 6.07) is 14.2. The minimum Gasteiger partial charge on any atom is -0.492 e. The van der Waals surface area contributed by atoms with E-state index >= 15 is 0 Å². The third-order valence-corrected chi connectivity index (χ3v) is 5.05. The number of halogens is 1. The van der Waals surface area contributed by atoms with E-state index in [1.165, 1.54) is 0 Å². The largest absolute Gasteiger partial charge is 0.492 e. The first kappa shape index (κ1) is 18.0. The molecule has 1 aliphatic rings. The highest BCUT2D eigenvalue weighted by molar-refractivity contribution is 6.35. The molecule has 0 aliphatic carbocycles. The number of benzene rings is 2. The molecule has 0 N–H and O–H groups in total. The van der Waals surface area contributed by atoms with E-state index < -0.39 is 0 Å². The summed E-state index contributed by atoms with van der Waals surface area (Å²) < 4.78 is 6.03. The van der Waals surface area contributed by atoms with E-state index in [1.54, 1.807) is 0 Å². The van der Waals surface area contributed by atoms with E-state index in [2.05, 4.69) is 21.9 Å². The number of piperazine rings is 1. The van der Waals surface area contributed by atoms with Crippen molar-refractivity contribution in [3.8, 4) is 11.8 Å². The Bertz CT molecular complexity index is 735. The highest BCUT2D eigenvalue weighted by atomic mass is 35.5. The SMILES string of the molecule is N#CCCCN1CCN(CCOc2ccc(Cl)c3ccccc23)CC1. The first-order valence-electron chi connectivity index (χ1n) is 8.89. The van der Waals surface area contributed by atoms with Crippen LogP contribution in [0.15, 0.2) is 36.4 Å². The topological polar surface area (TPSA) is 39.5 Å². The van der Waals surface area contributed by atoms with Gasteiger partial charge in [-0.2, -0.15) is 5.26 Å². The maximum Gasteiger partial charge on any atom is 0.127 e. The van der Waals surface area contributed by atoms with Crippen LogP contribution in [0.4, 0.5) is 0 Å². The van der Waals surface area contributed by atoms with E-state index in [0.29, 0.717) is 13.0 Å². The Balaban J connectivity index is 1.45. The van der Waals surface area contributed by atoms with Crippen LogP contribution in [0.1, 0.15) is 12.8 Å². The van der Waals surface area contributed by atoms with Crippen molar-refractivity contribution in [3.63, 3.8) is 0 Å². The second-order valence-corrected chi connectivity index (χ2v) is 6.79. The van der Waals surface area contributed by atoms with E-state index in [-0.39, 0.29) is 0 Å². The summed E-state index contributed by atoms with van der Waals surface area (Å²) >= 11 is 6.26. The number of ether oxygens (including phenoxy) is 1. The first-order chi connectivity index (χ1) is 12.3. The van der Waals surface area contributed by atoms with Crippen molar-refractivity contribution in [1.29, 1.82) is 5.26 Å². The normalized spacial score (nSPS) is 16.0. The molecular weight excluding hydrogens is 334 g/mol. The summed E-state index contributed by atoms with van der Waals surface area (Å²) in [4.78, 5) is 4.89. The molecule has 4 nitrogen and oxygen atoms in total. The molecule has 0 unspecified atom stereocenters. The summed E-state index contributed by atoms with van der Waals surface area (Å²) in [5.41, 5.74) is 0. The fraction of sp³-hybridized carbons (Fsp3) is 0.450. The number of unbranched alkanes of at least 4 members (excludes halogenated alkanes) is 1. The van der Waals surface area contributed by atoms with Crippen LogP contribution < -0.4 is 4.74 Å². The maximum absolute atomic E-state index is 8.61. The van der Waals surface area contributed by atoms with E-state index in [4.69, 9.17) is 21.6 Å². The average molecular weight is 358 g/mol. The molecule has 0 spiro atoms. The van der Waals surface area contributed by atoms with Gasteiger partial charge in [0.05, 0.1) is 6.07 Å². The summed E-state index contributed by atoms with van der Waals surface area (Å²) in [6.07, 6.45) is 1.63. The second-order valence-electron chi connectivity index (χ2n) is 6.38. The van der Waals surface area contributed by atoms with Crippen molar-refractivity contribution in [2.45, 2.75) is 12.8 Å². The van der Waals surface area contributed by atoms with Crippen molar-refractivity contribution in [2.24, 2.45) is 0 Å². The van der Waals surface area contributed by atoms with Gasteiger partial charge in [-0.3, -0.25) is 4.90 Å². The summed E-state index contributed by atoms with van der Waals surface area (Å²) in [7, 11) is 0. The molecule has 132 valence electrons. The van der Waals surface area contributed by atoms with Crippen molar-refractivity contribution >= 4 is 22.4 Å². The zero-order valence-electron chi connectivity index (χ0n) is 14.5. The molecule has 1 saturated heterocycles. The summed E-state index contributed by atoms with van der Waals surface area (Å²) in [5.74, 6) is 0.898. The molecule has 5 heteroatoms. The Morgan fingerprint density at radius 2 is 1.64 bits per heavy atom. The Morgan fingerprint density at radius 3 is 2.36 bits per heavy atom. The Hall–Kier alpha value is -1.80. The minimum absolute atomic E-state index is 0.656. The molecule has 3 rings (SSSR count). The quantitative estimate of drug-likeness (QED) is 0.707. The molecule has 0 bridgehead atoms. The summed E-state index contributed by atoms with van der Waals surface area (Å²) in [5, 5.41) is 11.5. The monoisotopic (exact) mass is 357 g/mol. The summed E-state index contributed by atoms with van der Waals surface area (Å²) in [6.45, 7) is 6.94. The third kappa shape index (κ3) is 4.85. The van der Waals surface area contributed by atoms with Crippen LogP contribution in [-0.4, -0.2) is 55.7 Å². The van der Waals surface area contributed by atoms with Crippen LogP contribution in [0, 0.1) is 11.3 Å². The fourth-order valence-corrected chi connectivity index (χ4v) is 3.49. The van der Waals surface area contributed by atoms with Gasteiger partial charge < -0.3 is 9.64 Å². The number of hydrogen-bond donors (Lipinski definition) is 0. The lowest BCUT2D eigenvalue weighted by Crippen LogP contribution is -2.47. The predicted molar refractivity (Wildman–Crippen MR) is 102 cm³/mol. The van der Waals surface area contributed by atoms with E-state index in [0.717, 1.165) is 67.2 Å². The highest BCUT2D eigenvalue weighted by Crippen LogP contribution is 2.31. The second kappa shape index (κ2) is 9.05. The van der Waals surface area contributed by atoms with Gasteiger partial charge >= 0.3 is 0 Å². The zero-order valence-corrected chi connectivity index (χ0v) is 15.2. The molecule has 0 saturated carbocycles. The molecule has 1 aliphatic heterocycles. The van der Waals surface area contributed by atoms with Gasteiger partial charge in [-0.25, -0.2) is 0 Å². The molecular formula is C20H24ClN3O. The third-order valence-electron chi connectivity index (χ3n) is 4.72. The van der Waals surface area contributed by atoms with Crippen LogP contribution in [0.3, 0.4) is 0 Å². The number of nitrogens with zero attached hydrogens (tertiary/aromatic N) is 3. The lowest BCUT2D eigenvalue weighted by molar-refractivity contribution is 0.116. The van der Waals surface area contributed by atoms with E-state index in [9.17, 15) is 0 Å². The molecule has 0 amide bonds. The zero-order chi connectivity index (χ0) is 17.5. The van der Waals surface area contributed by atoms with Crippen LogP contribution in [0.5, 0.6) is 5.75 Å². The number of rotatable bonds is 7. The Morgan fingerprint density at radius 1 is 0.960 bits per heavy atom. The van der Waals surface area contributed by atoms with Gasteiger partial charge in [0.25, 0.3) is 0 Å². The maximum atomic E-state index is 8.61. The van der Waals surface area contributed by atoms with Crippen LogP contribution >= 0.6 is 11.6 Å². The standard InChI is InChI=1S/C20H24ClN3O/c21-19-7-8-20(18-6-2-1-5-17(18)19)25-16-15-24-13-11-23(12-14-24)10-4-3-9-22/h1-2,5-8H,3-4,10-16H2. The van der Waals surface area contributed by atoms with Crippen molar-refractivity contribution in [1.82, 2.24) is 9.80 Å². The number of nitriles is 1. The van der Waals surface area contributed by atoms with Crippen molar-refractivity contribution in [2.75, 3.05) is 45.9 Å². The predicted octanol–water partition coefficient (Wildman–Crippen LogP) is 3.79. The molecule has 0 radical (unpaired) electrons. The minimum atomic E-state index is 0.656. The smallest absolute Gasteiger partial charge is 0.127 e. The van der Waals surface area contributed by atoms with Gasteiger partial charge in [-0.15, -0.1) is 0 Å². The molecule has 1 fully saturated rings. The fourth-order valence-electron chi connectivity index (χ4n) is 3.26. The van der Waals surface area contributed by atoms with Gasteiger partial charge in [0.1, 0.15) is 12.4 Å². The lowest BCUT2D eigenvalue weighted by atomic mass is 10.1. The first-order valence-corrected chi connectivity index (χ1v) is 9.27. The van der Waals surface area contributed by atoms with E-state index in [1.807, 2.05) is 30.3 Å². The van der Waals surface area contributed by atoms with Crippen molar-refractivity contribution < 1.29 is 4.74 Å². The molecule has 0 aromatic heterocycles. The van der Waals surface area contributed by atoms with Gasteiger partial charge in [0, 0.05) is 54.9 Å². The van der Waals surface area contributed by atoms with Crippen LogP contribution in [0.2, 0.25) is 5.02 Å². The average Bonchev–Trinajstić information content (AvgIpc) is 2.65. The molecule has 0 atom stereocenters. The lowest BCUT2D eigenvalue weighted by Gasteiger charge is -2.34. The van der Waals surface area contributed by atoms with Crippen LogP contribution in [0.25, 0.3) is 10.8 Å². The highest BCUT2D eigenvalue weighted by Gasteiger charge is 2.16.